The average Bonchev–Trinajstić information content (AvgIpc) is 2.23. The number of dihydropyridines is 1. The van der Waals surface area contributed by atoms with E-state index in [0.29, 0.717) is 17.9 Å². The predicted octanol–water partition coefficient (Wildman–Crippen LogP) is 2.03. The number of hydrogen-bond donors (Lipinski definition) is 1. The van der Waals surface area contributed by atoms with E-state index in [9.17, 15) is 4.79 Å². The number of hydrogen-bond acceptors (Lipinski definition) is 2. The van der Waals surface area contributed by atoms with E-state index in [1.54, 1.807) is 0 Å². The summed E-state index contributed by atoms with van der Waals surface area (Å²) in [6.45, 7) is 4.53. The molecule has 1 aliphatic heterocycles. The third-order valence-corrected chi connectivity index (χ3v) is 3.46. The van der Waals surface area contributed by atoms with Crippen LogP contribution in [0.2, 0.25) is 0 Å². The Balaban J connectivity index is 2.27. The van der Waals surface area contributed by atoms with Crippen molar-refractivity contribution in [1.82, 2.24) is 5.32 Å². The van der Waals surface area contributed by atoms with Gasteiger partial charge in [0.15, 0.2) is 6.29 Å². The molecule has 14 heavy (non-hydrogen) atoms. The van der Waals surface area contributed by atoms with Crippen LogP contribution in [-0.4, -0.2) is 12.3 Å². The van der Waals surface area contributed by atoms with E-state index >= 15 is 0 Å². The van der Waals surface area contributed by atoms with Crippen molar-refractivity contribution in [3.05, 3.63) is 23.4 Å². The van der Waals surface area contributed by atoms with E-state index in [-0.39, 0.29) is 0 Å². The van der Waals surface area contributed by atoms with Crippen molar-refractivity contribution in [2.45, 2.75) is 32.7 Å². The molecule has 0 saturated heterocycles. The first-order chi connectivity index (χ1) is 6.72. The van der Waals surface area contributed by atoms with E-state index < -0.39 is 0 Å². The Bertz CT molecular complexity index is 303. The quantitative estimate of drug-likeness (QED) is 0.642. The fourth-order valence-electron chi connectivity index (χ4n) is 2.46. The lowest BCUT2D eigenvalue weighted by molar-refractivity contribution is -0.105. The highest BCUT2D eigenvalue weighted by molar-refractivity contribution is 5.74. The van der Waals surface area contributed by atoms with Crippen molar-refractivity contribution < 1.29 is 4.79 Å². The van der Waals surface area contributed by atoms with E-state index in [4.69, 9.17) is 0 Å². The van der Waals surface area contributed by atoms with Gasteiger partial charge in [0, 0.05) is 0 Å². The number of carbonyl (C=O) groups excluding carboxylic acids is 1. The Morgan fingerprint density at radius 2 is 2.14 bits per heavy atom. The maximum Gasteiger partial charge on any atom is 0.165 e. The van der Waals surface area contributed by atoms with Gasteiger partial charge in [-0.05, 0) is 36.3 Å². The maximum absolute atomic E-state index is 10.7. The van der Waals surface area contributed by atoms with Gasteiger partial charge in [0.1, 0.15) is 0 Å². The molecule has 0 spiro atoms. The van der Waals surface area contributed by atoms with E-state index in [0.717, 1.165) is 12.0 Å². The summed E-state index contributed by atoms with van der Waals surface area (Å²) >= 11 is 0. The van der Waals surface area contributed by atoms with E-state index in [1.165, 1.54) is 18.4 Å². The molecular weight excluding hydrogens is 174 g/mol. The second kappa shape index (κ2) is 3.60. The fraction of sp³-hybridized carbons (Fsp3) is 0.583. The third kappa shape index (κ3) is 1.49. The number of aldehydes is 1. The van der Waals surface area contributed by atoms with Crippen LogP contribution in [0.15, 0.2) is 23.4 Å². The van der Waals surface area contributed by atoms with Gasteiger partial charge in [-0.15, -0.1) is 0 Å². The van der Waals surface area contributed by atoms with Crippen molar-refractivity contribution in [3.8, 4) is 0 Å². The molecule has 0 aromatic rings. The summed E-state index contributed by atoms with van der Waals surface area (Å²) in [5.41, 5.74) is 2.19. The smallest absolute Gasteiger partial charge is 0.165 e. The van der Waals surface area contributed by atoms with Gasteiger partial charge in [-0.3, -0.25) is 4.79 Å². The van der Waals surface area contributed by atoms with Crippen LogP contribution in [0.25, 0.3) is 0 Å². The molecule has 0 bridgehead atoms. The predicted molar refractivity (Wildman–Crippen MR) is 56.7 cm³/mol. The second-order valence-electron chi connectivity index (χ2n) is 4.48. The summed E-state index contributed by atoms with van der Waals surface area (Å²) < 4.78 is 0. The first kappa shape index (κ1) is 9.50. The van der Waals surface area contributed by atoms with Gasteiger partial charge in [-0.25, -0.2) is 0 Å². The number of fused-ring (bicyclic) bond motifs is 1. The van der Waals surface area contributed by atoms with Crippen LogP contribution < -0.4 is 5.32 Å². The highest BCUT2D eigenvalue weighted by Crippen LogP contribution is 2.35. The van der Waals surface area contributed by atoms with Crippen LogP contribution in [0.3, 0.4) is 0 Å². The Labute approximate surface area is 85.1 Å². The lowest BCUT2D eigenvalue weighted by Gasteiger charge is -2.38. The molecule has 2 rings (SSSR count). The average molecular weight is 191 g/mol. The maximum atomic E-state index is 10.7. The second-order valence-corrected chi connectivity index (χ2v) is 4.48. The highest BCUT2D eigenvalue weighted by atomic mass is 16.1. The Morgan fingerprint density at radius 3 is 2.86 bits per heavy atom. The van der Waals surface area contributed by atoms with Gasteiger partial charge in [-0.2, -0.15) is 0 Å². The molecule has 0 aromatic carbocycles. The van der Waals surface area contributed by atoms with Crippen molar-refractivity contribution in [2.75, 3.05) is 0 Å². The standard InChI is InChI=1S/C12H17NO/c1-8-3-4-9(2)12-11(8)6-5-10(7-14)13-12/h5-9,12-13H,3-4H2,1-2H3. The number of nitrogens with one attached hydrogen (secondary N) is 1. The van der Waals surface area contributed by atoms with Gasteiger partial charge >= 0.3 is 0 Å². The van der Waals surface area contributed by atoms with Crippen LogP contribution in [0.4, 0.5) is 0 Å². The van der Waals surface area contributed by atoms with Gasteiger partial charge < -0.3 is 5.32 Å². The molecule has 2 nitrogen and oxygen atoms in total. The third-order valence-electron chi connectivity index (χ3n) is 3.46. The molecule has 3 unspecified atom stereocenters. The molecule has 2 heteroatoms. The highest BCUT2D eigenvalue weighted by Gasteiger charge is 2.31. The Kier molecular flexibility index (Phi) is 2.44. The van der Waals surface area contributed by atoms with E-state index in [2.05, 4.69) is 25.2 Å². The molecule has 0 aromatic heterocycles. The van der Waals surface area contributed by atoms with Gasteiger partial charge in [-0.1, -0.05) is 19.9 Å². The normalized spacial score (nSPS) is 36.3. The molecule has 3 atom stereocenters. The molecule has 76 valence electrons. The largest absolute Gasteiger partial charge is 0.376 e. The van der Waals surface area contributed by atoms with Gasteiger partial charge in [0.25, 0.3) is 0 Å². The summed E-state index contributed by atoms with van der Waals surface area (Å²) in [5.74, 6) is 1.30. The summed E-state index contributed by atoms with van der Waals surface area (Å²) in [7, 11) is 0. The minimum atomic E-state index is 0.393. The zero-order valence-electron chi connectivity index (χ0n) is 8.79. The summed E-state index contributed by atoms with van der Waals surface area (Å²) in [6, 6.07) is 0.393. The van der Waals surface area contributed by atoms with Gasteiger partial charge in [0.2, 0.25) is 0 Å². The van der Waals surface area contributed by atoms with Crippen LogP contribution >= 0.6 is 0 Å². The number of allylic oxidation sites excluding steroid dienone is 3. The van der Waals surface area contributed by atoms with Gasteiger partial charge in [0.05, 0.1) is 11.7 Å². The molecule has 1 N–H and O–H groups in total. The van der Waals surface area contributed by atoms with Crippen LogP contribution in [0.1, 0.15) is 26.7 Å². The zero-order valence-corrected chi connectivity index (χ0v) is 8.79. The van der Waals surface area contributed by atoms with Crippen molar-refractivity contribution in [2.24, 2.45) is 11.8 Å². The van der Waals surface area contributed by atoms with Crippen LogP contribution in [0, 0.1) is 11.8 Å². The molecule has 2 aliphatic rings. The number of carbonyl (C=O) groups is 1. The van der Waals surface area contributed by atoms with Crippen molar-refractivity contribution >= 4 is 6.29 Å². The van der Waals surface area contributed by atoms with Crippen LogP contribution in [0.5, 0.6) is 0 Å². The lowest BCUT2D eigenvalue weighted by atomic mass is 9.75. The summed E-state index contributed by atoms with van der Waals surface area (Å²) in [4.78, 5) is 10.7. The molecular formula is C12H17NO. The number of rotatable bonds is 1. The summed E-state index contributed by atoms with van der Waals surface area (Å²) in [6.07, 6.45) is 7.45. The van der Waals surface area contributed by atoms with E-state index in [1.807, 2.05) is 6.08 Å². The molecule has 1 fully saturated rings. The first-order valence-corrected chi connectivity index (χ1v) is 5.36. The van der Waals surface area contributed by atoms with Crippen molar-refractivity contribution in [1.29, 1.82) is 0 Å². The summed E-state index contributed by atoms with van der Waals surface area (Å²) in [5, 5.41) is 3.31. The molecule has 0 amide bonds. The molecule has 1 aliphatic carbocycles. The SMILES string of the molecule is CC1CCC(C)C2NC(C=O)=CC=C12. The molecule has 0 radical (unpaired) electrons. The Morgan fingerprint density at radius 1 is 1.36 bits per heavy atom. The Hall–Kier alpha value is -1.05. The lowest BCUT2D eigenvalue weighted by Crippen LogP contribution is -2.43. The van der Waals surface area contributed by atoms with Crippen LogP contribution in [-0.2, 0) is 4.79 Å². The first-order valence-electron chi connectivity index (χ1n) is 5.36. The minimum absolute atomic E-state index is 0.393. The molecule has 1 heterocycles. The minimum Gasteiger partial charge on any atom is -0.376 e. The fourth-order valence-corrected chi connectivity index (χ4v) is 2.46. The topological polar surface area (TPSA) is 29.1 Å². The van der Waals surface area contributed by atoms with Crippen molar-refractivity contribution in [3.63, 3.8) is 0 Å². The molecule has 1 saturated carbocycles. The monoisotopic (exact) mass is 191 g/mol. The zero-order chi connectivity index (χ0) is 10.1.